The van der Waals surface area contributed by atoms with Crippen molar-refractivity contribution in [2.75, 3.05) is 5.75 Å². The first-order valence-corrected chi connectivity index (χ1v) is 7.93. The lowest BCUT2D eigenvalue weighted by atomic mass is 10.2. The maximum Gasteiger partial charge on any atom is 0.269 e. The average molecular weight is 323 g/mol. The molecule has 1 unspecified atom stereocenters. The topological polar surface area (TPSA) is 66.7 Å². The number of benzene rings is 1. The second kappa shape index (κ2) is 5.27. The van der Waals surface area contributed by atoms with Crippen LogP contribution in [0.4, 0.5) is 5.69 Å². The van der Waals surface area contributed by atoms with E-state index in [-0.39, 0.29) is 23.0 Å². The fourth-order valence-electron chi connectivity index (χ4n) is 2.59. The summed E-state index contributed by atoms with van der Waals surface area (Å²) in [6, 6.07) is 6.05. The Balaban J connectivity index is 1.77. The lowest BCUT2D eigenvalue weighted by Gasteiger charge is -2.22. The van der Waals surface area contributed by atoms with Gasteiger partial charge in [0.2, 0.25) is 0 Å². The van der Waals surface area contributed by atoms with E-state index in [0.717, 1.165) is 11.3 Å². The average Bonchev–Trinajstić information content (AvgIpc) is 2.95. The van der Waals surface area contributed by atoms with Crippen LogP contribution in [-0.4, -0.2) is 42.9 Å². The van der Waals surface area contributed by atoms with Crippen LogP contribution in [0.1, 0.15) is 12.5 Å². The predicted octanol–water partition coefficient (Wildman–Crippen LogP) is 1.99. The highest BCUT2D eigenvalue weighted by Gasteiger charge is 2.48. The SMILES string of the molecule is CC1SC[C@H]2C(=O)N(Cc3ccc([N+](=O)[O-])cc3)C(=S)N12. The Kier molecular flexibility index (Phi) is 3.58. The van der Waals surface area contributed by atoms with Gasteiger partial charge in [0.25, 0.3) is 11.6 Å². The first-order chi connectivity index (χ1) is 9.99. The number of carbonyl (C=O) groups excluding carboxylic acids is 1. The smallest absolute Gasteiger partial charge is 0.269 e. The molecule has 2 aliphatic rings. The Labute approximate surface area is 131 Å². The molecule has 8 heteroatoms. The van der Waals surface area contributed by atoms with Gasteiger partial charge in [0.1, 0.15) is 6.04 Å². The van der Waals surface area contributed by atoms with E-state index in [2.05, 4.69) is 0 Å². The molecule has 2 heterocycles. The van der Waals surface area contributed by atoms with Gasteiger partial charge in [-0.05, 0) is 24.7 Å². The van der Waals surface area contributed by atoms with E-state index < -0.39 is 4.92 Å². The summed E-state index contributed by atoms with van der Waals surface area (Å²) >= 11 is 7.13. The van der Waals surface area contributed by atoms with E-state index in [9.17, 15) is 14.9 Å². The van der Waals surface area contributed by atoms with Crippen molar-refractivity contribution in [2.45, 2.75) is 24.9 Å². The van der Waals surface area contributed by atoms with Gasteiger partial charge in [-0.3, -0.25) is 19.8 Å². The summed E-state index contributed by atoms with van der Waals surface area (Å²) in [7, 11) is 0. The molecule has 2 atom stereocenters. The molecule has 0 spiro atoms. The summed E-state index contributed by atoms with van der Waals surface area (Å²) in [4.78, 5) is 26.2. The van der Waals surface area contributed by atoms with Gasteiger partial charge < -0.3 is 4.90 Å². The molecule has 0 saturated carbocycles. The molecule has 1 amide bonds. The zero-order valence-corrected chi connectivity index (χ0v) is 12.9. The van der Waals surface area contributed by atoms with Crippen LogP contribution in [0.2, 0.25) is 0 Å². The summed E-state index contributed by atoms with van der Waals surface area (Å²) in [6.07, 6.45) is 0. The monoisotopic (exact) mass is 323 g/mol. The van der Waals surface area contributed by atoms with E-state index >= 15 is 0 Å². The second-order valence-electron chi connectivity index (χ2n) is 4.99. The van der Waals surface area contributed by atoms with Crippen LogP contribution in [0.3, 0.4) is 0 Å². The summed E-state index contributed by atoms with van der Waals surface area (Å²) in [6.45, 7) is 2.40. The van der Waals surface area contributed by atoms with Crippen molar-refractivity contribution in [1.82, 2.24) is 9.80 Å². The molecule has 110 valence electrons. The third kappa shape index (κ3) is 2.38. The highest BCUT2D eigenvalue weighted by molar-refractivity contribution is 8.00. The van der Waals surface area contributed by atoms with Gasteiger partial charge in [-0.2, -0.15) is 0 Å². The Hall–Kier alpha value is -1.67. The number of nitrogens with zero attached hydrogens (tertiary/aromatic N) is 3. The first-order valence-electron chi connectivity index (χ1n) is 6.47. The number of nitro benzene ring substituents is 1. The number of carbonyl (C=O) groups is 1. The Morgan fingerprint density at radius 3 is 2.67 bits per heavy atom. The minimum atomic E-state index is -0.440. The van der Waals surface area contributed by atoms with Crippen LogP contribution in [0, 0.1) is 10.1 Å². The molecule has 0 aliphatic carbocycles. The molecule has 2 saturated heterocycles. The summed E-state index contributed by atoms with van der Waals surface area (Å²) in [5.41, 5.74) is 0.873. The predicted molar refractivity (Wildman–Crippen MR) is 83.8 cm³/mol. The van der Waals surface area contributed by atoms with E-state index in [0.29, 0.717) is 11.7 Å². The fraction of sp³-hybridized carbons (Fsp3) is 0.385. The largest absolute Gasteiger partial charge is 0.324 e. The highest BCUT2D eigenvalue weighted by atomic mass is 32.2. The van der Waals surface area contributed by atoms with Gasteiger partial charge in [0.15, 0.2) is 5.11 Å². The van der Waals surface area contributed by atoms with E-state index in [1.54, 1.807) is 28.8 Å². The highest BCUT2D eigenvalue weighted by Crippen LogP contribution is 2.35. The van der Waals surface area contributed by atoms with Gasteiger partial charge in [-0.15, -0.1) is 11.8 Å². The summed E-state index contributed by atoms with van der Waals surface area (Å²) in [5.74, 6) is 0.784. The number of hydrogen-bond donors (Lipinski definition) is 0. The molecule has 0 bridgehead atoms. The van der Waals surface area contributed by atoms with Crippen LogP contribution < -0.4 is 0 Å². The van der Waals surface area contributed by atoms with E-state index in [1.165, 1.54) is 12.1 Å². The molecular weight excluding hydrogens is 310 g/mol. The van der Waals surface area contributed by atoms with Crippen molar-refractivity contribution in [2.24, 2.45) is 0 Å². The number of nitro groups is 1. The summed E-state index contributed by atoms with van der Waals surface area (Å²) < 4.78 is 0. The standard InChI is InChI=1S/C13H13N3O3S2/c1-8-15-11(7-21-8)12(17)14(13(15)20)6-9-2-4-10(5-3-9)16(18)19/h2-5,8,11H,6-7H2,1H3/t8?,11-/m0/s1. The Morgan fingerprint density at radius 1 is 1.43 bits per heavy atom. The van der Waals surface area contributed by atoms with Crippen LogP contribution in [-0.2, 0) is 11.3 Å². The molecule has 0 radical (unpaired) electrons. The maximum absolute atomic E-state index is 12.4. The molecule has 0 N–H and O–H groups in total. The van der Waals surface area contributed by atoms with Gasteiger partial charge in [0, 0.05) is 17.9 Å². The third-order valence-electron chi connectivity index (χ3n) is 3.71. The van der Waals surface area contributed by atoms with Crippen LogP contribution in [0.15, 0.2) is 24.3 Å². The van der Waals surface area contributed by atoms with E-state index in [4.69, 9.17) is 12.2 Å². The van der Waals surface area contributed by atoms with Crippen molar-refractivity contribution < 1.29 is 9.72 Å². The van der Waals surface area contributed by atoms with Gasteiger partial charge in [-0.1, -0.05) is 12.1 Å². The minimum absolute atomic E-state index is 0.0233. The number of thioether (sulfide) groups is 1. The molecule has 2 fully saturated rings. The number of fused-ring (bicyclic) bond motifs is 1. The van der Waals surface area contributed by atoms with Crippen molar-refractivity contribution in [3.63, 3.8) is 0 Å². The van der Waals surface area contributed by atoms with Crippen molar-refractivity contribution in [3.8, 4) is 0 Å². The fourth-order valence-corrected chi connectivity index (χ4v) is 4.27. The van der Waals surface area contributed by atoms with Crippen molar-refractivity contribution >= 4 is 40.7 Å². The number of thiocarbonyl (C=S) groups is 1. The molecule has 1 aromatic carbocycles. The maximum atomic E-state index is 12.4. The number of hydrogen-bond acceptors (Lipinski definition) is 5. The molecule has 3 rings (SSSR count). The van der Waals surface area contributed by atoms with E-state index in [1.807, 2.05) is 11.8 Å². The Bertz CT molecular complexity index is 620. The normalized spacial score (nSPS) is 24.6. The van der Waals surface area contributed by atoms with Crippen LogP contribution >= 0.6 is 24.0 Å². The molecule has 0 aromatic heterocycles. The minimum Gasteiger partial charge on any atom is -0.324 e. The number of rotatable bonds is 3. The van der Waals surface area contributed by atoms with Crippen LogP contribution in [0.5, 0.6) is 0 Å². The van der Waals surface area contributed by atoms with Crippen molar-refractivity contribution in [3.05, 3.63) is 39.9 Å². The van der Waals surface area contributed by atoms with Crippen molar-refractivity contribution in [1.29, 1.82) is 0 Å². The molecule has 6 nitrogen and oxygen atoms in total. The zero-order valence-electron chi connectivity index (χ0n) is 11.3. The molecule has 1 aromatic rings. The Morgan fingerprint density at radius 2 is 2.10 bits per heavy atom. The molecule has 2 aliphatic heterocycles. The first kappa shape index (κ1) is 14.3. The third-order valence-corrected chi connectivity index (χ3v) is 5.36. The van der Waals surface area contributed by atoms with Gasteiger partial charge in [0.05, 0.1) is 16.8 Å². The zero-order chi connectivity index (χ0) is 15.1. The molecule has 21 heavy (non-hydrogen) atoms. The lowest BCUT2D eigenvalue weighted by molar-refractivity contribution is -0.384. The molecular formula is C13H13N3O3S2. The quantitative estimate of drug-likeness (QED) is 0.481. The van der Waals surface area contributed by atoms with Gasteiger partial charge >= 0.3 is 0 Å². The second-order valence-corrected chi connectivity index (χ2v) is 6.70. The van der Waals surface area contributed by atoms with Crippen LogP contribution in [0.25, 0.3) is 0 Å². The summed E-state index contributed by atoms with van der Waals surface area (Å²) in [5, 5.41) is 11.4. The van der Waals surface area contributed by atoms with Gasteiger partial charge in [-0.25, -0.2) is 0 Å². The number of amides is 1. The number of non-ortho nitro benzene ring substituents is 1. The lowest BCUT2D eigenvalue weighted by Crippen LogP contribution is -2.35.